The predicted molar refractivity (Wildman–Crippen MR) is 67.9 cm³/mol. The zero-order valence-corrected chi connectivity index (χ0v) is 9.46. The van der Waals surface area contributed by atoms with Crippen LogP contribution in [-0.2, 0) is 0 Å². The molecule has 0 radical (unpaired) electrons. The van der Waals surface area contributed by atoms with Crippen LogP contribution in [0.5, 0.6) is 5.75 Å². The van der Waals surface area contributed by atoms with Crippen molar-refractivity contribution in [2.24, 2.45) is 10.2 Å². The lowest BCUT2D eigenvalue weighted by atomic mass is 10.2. The Morgan fingerprint density at radius 1 is 0.941 bits per heavy atom. The molecule has 0 atom stereocenters. The lowest BCUT2D eigenvalue weighted by Gasteiger charge is -1.99. The van der Waals surface area contributed by atoms with Gasteiger partial charge in [0.15, 0.2) is 0 Å². The molecular weight excluding hydrogens is 214 g/mol. The van der Waals surface area contributed by atoms with Gasteiger partial charge in [0.2, 0.25) is 0 Å². The van der Waals surface area contributed by atoms with E-state index < -0.39 is 0 Å². The van der Waals surface area contributed by atoms with Crippen molar-refractivity contribution in [1.29, 1.82) is 0 Å². The van der Waals surface area contributed by atoms with Crippen molar-refractivity contribution in [2.75, 3.05) is 5.73 Å². The highest BCUT2D eigenvalue weighted by Crippen LogP contribution is 2.23. The fraction of sp³-hybridized carbons (Fsp3) is 0.0769. The Kier molecular flexibility index (Phi) is 3.05. The lowest BCUT2D eigenvalue weighted by Crippen LogP contribution is -1.86. The molecule has 2 rings (SSSR count). The number of aromatic hydroxyl groups is 1. The van der Waals surface area contributed by atoms with Crippen molar-refractivity contribution in [2.45, 2.75) is 6.92 Å². The van der Waals surface area contributed by atoms with E-state index in [-0.39, 0.29) is 5.75 Å². The molecular formula is C13H13N3O. The Balaban J connectivity index is 2.20. The van der Waals surface area contributed by atoms with Crippen LogP contribution < -0.4 is 5.73 Å². The van der Waals surface area contributed by atoms with E-state index in [1.54, 1.807) is 30.3 Å². The van der Waals surface area contributed by atoms with Crippen LogP contribution in [0, 0.1) is 6.92 Å². The van der Waals surface area contributed by atoms with Crippen molar-refractivity contribution >= 4 is 17.1 Å². The predicted octanol–water partition coefficient (Wildman–Crippen LogP) is 3.70. The summed E-state index contributed by atoms with van der Waals surface area (Å²) >= 11 is 0. The second kappa shape index (κ2) is 4.65. The van der Waals surface area contributed by atoms with E-state index in [9.17, 15) is 0 Å². The van der Waals surface area contributed by atoms with Crippen molar-refractivity contribution in [3.05, 3.63) is 48.0 Å². The molecule has 0 aliphatic carbocycles. The van der Waals surface area contributed by atoms with Gasteiger partial charge >= 0.3 is 0 Å². The molecule has 0 heterocycles. The van der Waals surface area contributed by atoms with Gasteiger partial charge in [-0.05, 0) is 55.0 Å². The number of anilines is 1. The van der Waals surface area contributed by atoms with Gasteiger partial charge in [-0.15, -0.1) is 0 Å². The summed E-state index contributed by atoms with van der Waals surface area (Å²) in [5, 5.41) is 17.3. The van der Waals surface area contributed by atoms with Crippen LogP contribution in [0.2, 0.25) is 0 Å². The molecule has 0 aliphatic rings. The number of phenolic OH excluding ortho intramolecular Hbond substituents is 1. The van der Waals surface area contributed by atoms with Crippen molar-refractivity contribution in [1.82, 2.24) is 0 Å². The maximum atomic E-state index is 9.12. The average Bonchev–Trinajstić information content (AvgIpc) is 2.33. The highest BCUT2D eigenvalue weighted by molar-refractivity contribution is 5.54. The first-order valence-corrected chi connectivity index (χ1v) is 5.22. The summed E-state index contributed by atoms with van der Waals surface area (Å²) < 4.78 is 0. The fourth-order valence-electron chi connectivity index (χ4n) is 1.36. The van der Waals surface area contributed by atoms with Gasteiger partial charge in [0, 0.05) is 5.69 Å². The molecule has 0 aliphatic heterocycles. The maximum Gasteiger partial charge on any atom is 0.115 e. The SMILES string of the molecule is Cc1cc(N=Nc2ccc(O)cc2)ccc1N. The molecule has 4 nitrogen and oxygen atoms in total. The van der Waals surface area contributed by atoms with Crippen LogP contribution in [-0.4, -0.2) is 5.11 Å². The van der Waals surface area contributed by atoms with Gasteiger partial charge in [0.1, 0.15) is 5.75 Å². The number of benzene rings is 2. The van der Waals surface area contributed by atoms with Crippen LogP contribution >= 0.6 is 0 Å². The van der Waals surface area contributed by atoms with Gasteiger partial charge in [0.25, 0.3) is 0 Å². The third kappa shape index (κ3) is 2.81. The summed E-state index contributed by atoms with van der Waals surface area (Å²) in [6.45, 7) is 1.93. The monoisotopic (exact) mass is 227 g/mol. The Bertz CT molecular complexity index is 547. The van der Waals surface area contributed by atoms with Crippen molar-refractivity contribution in [3.63, 3.8) is 0 Å². The van der Waals surface area contributed by atoms with E-state index in [1.165, 1.54) is 0 Å². The van der Waals surface area contributed by atoms with E-state index >= 15 is 0 Å². The van der Waals surface area contributed by atoms with Crippen molar-refractivity contribution < 1.29 is 5.11 Å². The standard InChI is InChI=1S/C13H13N3O/c1-9-8-11(4-7-13(9)14)16-15-10-2-5-12(17)6-3-10/h2-8,17H,14H2,1H3. The zero-order valence-electron chi connectivity index (χ0n) is 9.46. The molecule has 3 N–H and O–H groups in total. The number of nitrogen functional groups attached to an aromatic ring is 1. The van der Waals surface area contributed by atoms with Gasteiger partial charge in [-0.25, -0.2) is 0 Å². The molecule has 86 valence electrons. The summed E-state index contributed by atoms with van der Waals surface area (Å²) in [4.78, 5) is 0. The largest absolute Gasteiger partial charge is 0.508 e. The third-order valence-corrected chi connectivity index (χ3v) is 2.38. The van der Waals surface area contributed by atoms with E-state index in [0.29, 0.717) is 5.69 Å². The minimum Gasteiger partial charge on any atom is -0.508 e. The molecule has 0 amide bonds. The molecule has 0 saturated carbocycles. The lowest BCUT2D eigenvalue weighted by molar-refractivity contribution is 0.475. The second-order valence-electron chi connectivity index (χ2n) is 3.76. The summed E-state index contributed by atoms with van der Waals surface area (Å²) in [6, 6.07) is 12.0. The van der Waals surface area contributed by atoms with Gasteiger partial charge < -0.3 is 10.8 Å². The molecule has 0 saturated heterocycles. The summed E-state index contributed by atoms with van der Waals surface area (Å²) in [7, 11) is 0. The molecule has 4 heteroatoms. The summed E-state index contributed by atoms with van der Waals surface area (Å²) in [5.74, 6) is 0.215. The van der Waals surface area contributed by atoms with E-state index in [1.807, 2.05) is 19.1 Å². The topological polar surface area (TPSA) is 71.0 Å². The number of azo groups is 1. The normalized spacial score (nSPS) is 10.9. The van der Waals surface area contributed by atoms with Gasteiger partial charge in [0.05, 0.1) is 11.4 Å². The van der Waals surface area contributed by atoms with Crippen LogP contribution in [0.25, 0.3) is 0 Å². The third-order valence-electron chi connectivity index (χ3n) is 2.38. The molecule has 0 aromatic heterocycles. The number of hydrogen-bond donors (Lipinski definition) is 2. The molecule has 2 aromatic carbocycles. The number of aryl methyl sites for hydroxylation is 1. The second-order valence-corrected chi connectivity index (χ2v) is 3.76. The fourth-order valence-corrected chi connectivity index (χ4v) is 1.36. The van der Waals surface area contributed by atoms with Crippen molar-refractivity contribution in [3.8, 4) is 5.75 Å². The Morgan fingerprint density at radius 2 is 1.53 bits per heavy atom. The highest BCUT2D eigenvalue weighted by atomic mass is 16.3. The van der Waals surface area contributed by atoms with Gasteiger partial charge in [-0.2, -0.15) is 10.2 Å². The molecule has 0 bridgehead atoms. The molecule has 0 spiro atoms. The summed E-state index contributed by atoms with van der Waals surface area (Å²) in [6.07, 6.45) is 0. The van der Waals surface area contributed by atoms with E-state index in [2.05, 4.69) is 10.2 Å². The van der Waals surface area contributed by atoms with E-state index in [4.69, 9.17) is 10.8 Å². The number of hydrogen-bond acceptors (Lipinski definition) is 4. The number of phenols is 1. The molecule has 0 unspecified atom stereocenters. The van der Waals surface area contributed by atoms with E-state index in [0.717, 1.165) is 16.9 Å². The number of rotatable bonds is 2. The first-order chi connectivity index (χ1) is 8.15. The van der Waals surface area contributed by atoms with Crippen LogP contribution in [0.1, 0.15) is 5.56 Å². The van der Waals surface area contributed by atoms with Crippen LogP contribution in [0.4, 0.5) is 17.1 Å². The quantitative estimate of drug-likeness (QED) is 0.606. The first kappa shape index (κ1) is 11.1. The highest BCUT2D eigenvalue weighted by Gasteiger charge is 1.95. The minimum absolute atomic E-state index is 0.215. The Labute approximate surface area is 99.4 Å². The maximum absolute atomic E-state index is 9.12. The number of nitrogens with zero attached hydrogens (tertiary/aromatic N) is 2. The summed E-state index contributed by atoms with van der Waals surface area (Å²) in [5.41, 5.74) is 8.88. The van der Waals surface area contributed by atoms with Crippen LogP contribution in [0.15, 0.2) is 52.7 Å². The molecule has 2 aromatic rings. The average molecular weight is 227 g/mol. The molecule has 0 fully saturated rings. The zero-order chi connectivity index (χ0) is 12.3. The van der Waals surface area contributed by atoms with Crippen LogP contribution in [0.3, 0.4) is 0 Å². The van der Waals surface area contributed by atoms with Gasteiger partial charge in [-0.3, -0.25) is 0 Å². The smallest absolute Gasteiger partial charge is 0.115 e. The van der Waals surface area contributed by atoms with Gasteiger partial charge in [-0.1, -0.05) is 0 Å². The first-order valence-electron chi connectivity index (χ1n) is 5.22. The molecule has 17 heavy (non-hydrogen) atoms. The Hall–Kier alpha value is -2.36. The Morgan fingerprint density at radius 3 is 2.18 bits per heavy atom. The minimum atomic E-state index is 0.215. The number of nitrogens with two attached hydrogens (primary N) is 1.